The van der Waals surface area contributed by atoms with Crippen molar-refractivity contribution in [3.05, 3.63) is 26.8 Å². The third kappa shape index (κ3) is 4.87. The van der Waals surface area contributed by atoms with Crippen LogP contribution in [0.4, 0.5) is 10.5 Å². The first-order valence-electron chi connectivity index (χ1n) is 5.55. The van der Waals surface area contributed by atoms with Crippen LogP contribution in [0, 0.1) is 3.57 Å². The number of rotatable bonds is 4. The smallest absolute Gasteiger partial charge is 0.323 e. The van der Waals surface area contributed by atoms with Gasteiger partial charge in [-0.05, 0) is 54.6 Å². The molecule has 5 nitrogen and oxygen atoms in total. The van der Waals surface area contributed by atoms with Gasteiger partial charge in [0.1, 0.15) is 6.54 Å². The highest BCUT2D eigenvalue weighted by atomic mass is 127. The molecule has 0 fully saturated rings. The van der Waals surface area contributed by atoms with Crippen molar-refractivity contribution in [2.75, 3.05) is 11.9 Å². The van der Waals surface area contributed by atoms with Gasteiger partial charge in [-0.1, -0.05) is 11.6 Å². The van der Waals surface area contributed by atoms with Crippen LogP contribution < -0.4 is 5.32 Å². The van der Waals surface area contributed by atoms with E-state index in [1.54, 1.807) is 32.0 Å². The van der Waals surface area contributed by atoms with Gasteiger partial charge in [-0.3, -0.25) is 4.79 Å². The molecule has 0 aliphatic rings. The normalized spacial score (nSPS) is 10.4. The Morgan fingerprint density at radius 2 is 2.11 bits per heavy atom. The largest absolute Gasteiger partial charge is 0.480 e. The van der Waals surface area contributed by atoms with E-state index in [2.05, 4.69) is 27.9 Å². The van der Waals surface area contributed by atoms with Crippen molar-refractivity contribution in [3.8, 4) is 0 Å². The van der Waals surface area contributed by atoms with Crippen LogP contribution in [0.3, 0.4) is 0 Å². The van der Waals surface area contributed by atoms with E-state index in [1.807, 2.05) is 0 Å². The maximum absolute atomic E-state index is 12.0. The van der Waals surface area contributed by atoms with Crippen molar-refractivity contribution in [2.45, 2.75) is 19.9 Å². The molecular weight excluding hydrogens is 382 g/mol. The second kappa shape index (κ2) is 6.95. The Balaban J connectivity index is 2.84. The highest BCUT2D eigenvalue weighted by molar-refractivity contribution is 14.1. The maximum Gasteiger partial charge on any atom is 0.323 e. The number of nitrogens with zero attached hydrogens (tertiary/aromatic N) is 1. The third-order valence-electron chi connectivity index (χ3n) is 2.36. The molecule has 0 atom stereocenters. The summed E-state index contributed by atoms with van der Waals surface area (Å²) in [6, 6.07) is 4.49. The summed E-state index contributed by atoms with van der Waals surface area (Å²) in [4.78, 5) is 24.0. The van der Waals surface area contributed by atoms with Gasteiger partial charge in [-0.25, -0.2) is 4.79 Å². The summed E-state index contributed by atoms with van der Waals surface area (Å²) >= 11 is 8.12. The van der Waals surface area contributed by atoms with Crippen LogP contribution >= 0.6 is 34.2 Å². The van der Waals surface area contributed by atoms with Gasteiger partial charge in [-0.15, -0.1) is 0 Å². The summed E-state index contributed by atoms with van der Waals surface area (Å²) in [6.07, 6.45) is 0. The van der Waals surface area contributed by atoms with Gasteiger partial charge >= 0.3 is 12.0 Å². The molecule has 0 heterocycles. The van der Waals surface area contributed by atoms with Gasteiger partial charge in [0.05, 0.1) is 10.7 Å². The van der Waals surface area contributed by atoms with Gasteiger partial charge < -0.3 is 15.3 Å². The summed E-state index contributed by atoms with van der Waals surface area (Å²) < 4.78 is 0.951. The number of carbonyl (C=O) groups excluding carboxylic acids is 1. The van der Waals surface area contributed by atoms with Crippen LogP contribution in [0.25, 0.3) is 0 Å². The standard InChI is InChI=1S/C12H14ClIN2O3/c1-7(2)16(6-11(17)18)12(19)15-10-4-3-8(14)5-9(10)13/h3-5,7H,6H2,1-2H3,(H,15,19)(H,17,18). The Kier molecular flexibility index (Phi) is 5.86. The summed E-state index contributed by atoms with van der Waals surface area (Å²) in [5.74, 6) is -1.06. The molecule has 0 saturated carbocycles. The highest BCUT2D eigenvalue weighted by Gasteiger charge is 2.20. The number of aliphatic carboxylic acids is 1. The lowest BCUT2D eigenvalue weighted by Crippen LogP contribution is -2.43. The highest BCUT2D eigenvalue weighted by Crippen LogP contribution is 2.24. The molecule has 2 amide bonds. The maximum atomic E-state index is 12.0. The van der Waals surface area contributed by atoms with E-state index < -0.39 is 12.0 Å². The number of nitrogens with one attached hydrogen (secondary N) is 1. The summed E-state index contributed by atoms with van der Waals surface area (Å²) in [7, 11) is 0. The third-order valence-corrected chi connectivity index (χ3v) is 3.35. The van der Waals surface area contributed by atoms with Crippen LogP contribution in [-0.2, 0) is 4.79 Å². The lowest BCUT2D eigenvalue weighted by atomic mass is 10.3. The van der Waals surface area contributed by atoms with E-state index in [9.17, 15) is 9.59 Å². The zero-order chi connectivity index (χ0) is 14.6. The van der Waals surface area contributed by atoms with Gasteiger partial charge in [0.2, 0.25) is 0 Å². The Morgan fingerprint density at radius 1 is 1.47 bits per heavy atom. The number of hydrogen-bond acceptors (Lipinski definition) is 2. The molecule has 104 valence electrons. The number of carboxylic acids is 1. The van der Waals surface area contributed by atoms with Crippen molar-refractivity contribution in [1.29, 1.82) is 0 Å². The van der Waals surface area contributed by atoms with Gasteiger partial charge in [0.15, 0.2) is 0 Å². The molecule has 0 bridgehead atoms. The van der Waals surface area contributed by atoms with E-state index in [0.717, 1.165) is 3.57 Å². The quantitative estimate of drug-likeness (QED) is 0.768. The average molecular weight is 397 g/mol. The molecule has 19 heavy (non-hydrogen) atoms. The fourth-order valence-electron chi connectivity index (χ4n) is 1.41. The van der Waals surface area contributed by atoms with Gasteiger partial charge in [-0.2, -0.15) is 0 Å². The zero-order valence-corrected chi connectivity index (χ0v) is 13.4. The summed E-state index contributed by atoms with van der Waals surface area (Å²) in [5, 5.41) is 11.8. The minimum absolute atomic E-state index is 0.223. The lowest BCUT2D eigenvalue weighted by Gasteiger charge is -2.25. The minimum atomic E-state index is -1.06. The Bertz CT molecular complexity index is 494. The van der Waals surface area contributed by atoms with E-state index in [1.165, 1.54) is 4.90 Å². The van der Waals surface area contributed by atoms with Crippen LogP contribution in [0.5, 0.6) is 0 Å². The molecule has 1 rings (SSSR count). The number of urea groups is 1. The number of hydrogen-bond donors (Lipinski definition) is 2. The fourth-order valence-corrected chi connectivity index (χ4v) is 2.32. The first kappa shape index (κ1) is 16.0. The monoisotopic (exact) mass is 396 g/mol. The molecule has 7 heteroatoms. The lowest BCUT2D eigenvalue weighted by molar-refractivity contribution is -0.137. The Labute approximate surface area is 130 Å². The number of benzene rings is 1. The number of carbonyl (C=O) groups is 2. The first-order valence-corrected chi connectivity index (χ1v) is 7.01. The van der Waals surface area contributed by atoms with Crippen LogP contribution in [0.1, 0.15) is 13.8 Å². The van der Waals surface area contributed by atoms with Gasteiger partial charge in [0.25, 0.3) is 0 Å². The van der Waals surface area contributed by atoms with E-state index in [0.29, 0.717) is 10.7 Å². The van der Waals surface area contributed by atoms with E-state index in [-0.39, 0.29) is 12.6 Å². The second-order valence-electron chi connectivity index (χ2n) is 4.17. The topological polar surface area (TPSA) is 69.6 Å². The number of anilines is 1. The molecule has 0 spiro atoms. The molecular formula is C12H14ClIN2O3. The Hall–Kier alpha value is -1.02. The number of carboxylic acid groups (broad SMARTS) is 1. The first-order chi connectivity index (χ1) is 8.81. The van der Waals surface area contributed by atoms with E-state index >= 15 is 0 Å². The van der Waals surface area contributed by atoms with Crippen molar-refractivity contribution in [1.82, 2.24) is 4.90 Å². The van der Waals surface area contributed by atoms with Crippen molar-refractivity contribution in [3.63, 3.8) is 0 Å². The molecule has 0 aromatic heterocycles. The molecule has 1 aromatic carbocycles. The van der Waals surface area contributed by atoms with Crippen molar-refractivity contribution < 1.29 is 14.7 Å². The molecule has 0 aliphatic carbocycles. The summed E-state index contributed by atoms with van der Waals surface area (Å²) in [5.41, 5.74) is 0.461. The zero-order valence-electron chi connectivity index (χ0n) is 10.5. The number of halogens is 2. The van der Waals surface area contributed by atoms with Gasteiger partial charge in [0, 0.05) is 9.61 Å². The summed E-state index contributed by atoms with van der Waals surface area (Å²) in [6.45, 7) is 3.14. The van der Waals surface area contributed by atoms with Crippen molar-refractivity contribution >= 4 is 51.9 Å². The van der Waals surface area contributed by atoms with Crippen LogP contribution in [0.15, 0.2) is 18.2 Å². The minimum Gasteiger partial charge on any atom is -0.480 e. The van der Waals surface area contributed by atoms with E-state index in [4.69, 9.17) is 16.7 Å². The van der Waals surface area contributed by atoms with Crippen molar-refractivity contribution in [2.24, 2.45) is 0 Å². The number of amides is 2. The molecule has 0 radical (unpaired) electrons. The molecule has 0 aliphatic heterocycles. The van der Waals surface area contributed by atoms with Crippen LogP contribution in [0.2, 0.25) is 5.02 Å². The Morgan fingerprint density at radius 3 is 2.58 bits per heavy atom. The predicted octanol–water partition coefficient (Wildman–Crippen LogP) is 3.27. The molecule has 0 unspecified atom stereocenters. The molecule has 1 aromatic rings. The predicted molar refractivity (Wildman–Crippen MR) is 82.7 cm³/mol. The molecule has 2 N–H and O–H groups in total. The molecule has 0 saturated heterocycles. The fraction of sp³-hybridized carbons (Fsp3) is 0.333. The second-order valence-corrected chi connectivity index (χ2v) is 5.82. The SMILES string of the molecule is CC(C)N(CC(=O)O)C(=O)Nc1ccc(I)cc1Cl. The average Bonchev–Trinajstić information content (AvgIpc) is 2.29. The van der Waals surface area contributed by atoms with Crippen LogP contribution in [-0.4, -0.2) is 34.6 Å².